The summed E-state index contributed by atoms with van der Waals surface area (Å²) in [6.45, 7) is 3.11. The minimum atomic E-state index is -1.20. The lowest BCUT2D eigenvalue weighted by Gasteiger charge is -2.32. The van der Waals surface area contributed by atoms with Crippen molar-refractivity contribution in [1.29, 1.82) is 0 Å². The van der Waals surface area contributed by atoms with E-state index in [-0.39, 0.29) is 19.1 Å². The smallest absolute Gasteiger partial charge is 0.305 e. The number of alkyl halides is 1. The maximum absolute atomic E-state index is 11.8. The van der Waals surface area contributed by atoms with Crippen LogP contribution in [0.1, 0.15) is 25.0 Å². The first kappa shape index (κ1) is 24.2. The maximum atomic E-state index is 11.8. The number of ether oxygens (including phenoxy) is 5. The van der Waals surface area contributed by atoms with Crippen LogP contribution in [-0.2, 0) is 46.5 Å². The lowest BCUT2D eigenvalue weighted by molar-refractivity contribution is -0.208. The molecule has 0 bridgehead atoms. The fourth-order valence-corrected chi connectivity index (χ4v) is 3.85. The molecular formula is C24H27ClO7. The molecule has 0 radical (unpaired) electrons. The predicted molar refractivity (Wildman–Crippen MR) is 117 cm³/mol. The standard InChI is InChI=1S/C24H27ClO7/c1-17(26)30-21-22(29-14-20-11-7-4-8-12-20)24(15-25,32-23(21)31-18(2)27)16-28-13-19-9-5-3-6-10-19/h3-12,21-23H,13-16H2,1-2H3/t21-,22+,23?,24-/m1/s1. The van der Waals surface area contributed by atoms with E-state index in [2.05, 4.69) is 0 Å². The van der Waals surface area contributed by atoms with Crippen LogP contribution in [0, 0.1) is 0 Å². The van der Waals surface area contributed by atoms with Gasteiger partial charge in [-0.3, -0.25) is 9.59 Å². The van der Waals surface area contributed by atoms with E-state index in [9.17, 15) is 9.59 Å². The molecule has 0 spiro atoms. The topological polar surface area (TPSA) is 80.3 Å². The summed E-state index contributed by atoms with van der Waals surface area (Å²) in [6, 6.07) is 19.2. The summed E-state index contributed by atoms with van der Waals surface area (Å²) in [4.78, 5) is 23.5. The van der Waals surface area contributed by atoms with Crippen LogP contribution in [0.15, 0.2) is 60.7 Å². The van der Waals surface area contributed by atoms with Gasteiger partial charge in [-0.25, -0.2) is 0 Å². The molecule has 0 amide bonds. The van der Waals surface area contributed by atoms with Crippen molar-refractivity contribution in [3.8, 4) is 0 Å². The molecule has 1 aliphatic heterocycles. The monoisotopic (exact) mass is 462 g/mol. The van der Waals surface area contributed by atoms with Crippen molar-refractivity contribution in [2.75, 3.05) is 12.5 Å². The van der Waals surface area contributed by atoms with E-state index >= 15 is 0 Å². The molecule has 2 aromatic rings. The number of halogens is 1. The van der Waals surface area contributed by atoms with Crippen molar-refractivity contribution in [2.45, 2.75) is 51.2 Å². The van der Waals surface area contributed by atoms with Gasteiger partial charge in [-0.05, 0) is 11.1 Å². The Labute approximate surface area is 192 Å². The van der Waals surface area contributed by atoms with Crippen LogP contribution in [0.5, 0.6) is 0 Å². The molecule has 7 nitrogen and oxygen atoms in total. The van der Waals surface area contributed by atoms with Gasteiger partial charge in [-0.1, -0.05) is 60.7 Å². The highest BCUT2D eigenvalue weighted by molar-refractivity contribution is 6.18. The summed E-state index contributed by atoms with van der Waals surface area (Å²) in [7, 11) is 0. The molecule has 0 N–H and O–H groups in total. The summed E-state index contributed by atoms with van der Waals surface area (Å²) < 4.78 is 28.9. The highest BCUT2D eigenvalue weighted by Crippen LogP contribution is 2.38. The molecule has 172 valence electrons. The number of rotatable bonds is 10. The summed E-state index contributed by atoms with van der Waals surface area (Å²) in [5.74, 6) is -1.17. The number of carbonyl (C=O) groups excluding carboxylic acids is 2. The van der Waals surface area contributed by atoms with E-state index in [4.69, 9.17) is 35.3 Å². The van der Waals surface area contributed by atoms with Gasteiger partial charge in [0, 0.05) is 13.8 Å². The molecule has 0 aromatic heterocycles. The van der Waals surface area contributed by atoms with Gasteiger partial charge in [0.05, 0.1) is 25.7 Å². The lowest BCUT2D eigenvalue weighted by atomic mass is 9.97. The normalized spacial score (nSPS) is 24.8. The Bertz CT molecular complexity index is 876. The number of hydrogen-bond acceptors (Lipinski definition) is 7. The summed E-state index contributed by atoms with van der Waals surface area (Å²) in [5.41, 5.74) is 0.689. The Hall–Kier alpha value is -2.45. The van der Waals surface area contributed by atoms with Gasteiger partial charge in [-0.2, -0.15) is 0 Å². The van der Waals surface area contributed by atoms with Crippen LogP contribution in [0.4, 0.5) is 0 Å². The van der Waals surface area contributed by atoms with Crippen molar-refractivity contribution in [2.24, 2.45) is 0 Å². The molecule has 1 aliphatic rings. The van der Waals surface area contributed by atoms with E-state index in [0.717, 1.165) is 11.1 Å². The fraction of sp³-hybridized carbons (Fsp3) is 0.417. The van der Waals surface area contributed by atoms with Gasteiger partial charge in [0.1, 0.15) is 11.7 Å². The Morgan fingerprint density at radius 3 is 2.00 bits per heavy atom. The highest BCUT2D eigenvalue weighted by atomic mass is 35.5. The fourth-order valence-electron chi connectivity index (χ4n) is 3.56. The van der Waals surface area contributed by atoms with Crippen molar-refractivity contribution in [3.05, 3.63) is 71.8 Å². The van der Waals surface area contributed by atoms with Crippen molar-refractivity contribution in [3.63, 3.8) is 0 Å². The minimum Gasteiger partial charge on any atom is -0.453 e. The quantitative estimate of drug-likeness (QED) is 0.394. The molecule has 1 saturated heterocycles. The highest BCUT2D eigenvalue weighted by Gasteiger charge is 2.59. The minimum absolute atomic E-state index is 0.0310. The average molecular weight is 463 g/mol. The van der Waals surface area contributed by atoms with Crippen LogP contribution >= 0.6 is 11.6 Å². The molecule has 0 aliphatic carbocycles. The zero-order valence-electron chi connectivity index (χ0n) is 18.1. The van der Waals surface area contributed by atoms with Gasteiger partial charge in [0.25, 0.3) is 0 Å². The molecule has 32 heavy (non-hydrogen) atoms. The molecule has 0 saturated carbocycles. The van der Waals surface area contributed by atoms with Crippen molar-refractivity contribution in [1.82, 2.24) is 0 Å². The summed E-state index contributed by atoms with van der Waals surface area (Å²) in [5, 5.41) is 0. The third-order valence-electron chi connectivity index (χ3n) is 4.98. The first-order valence-electron chi connectivity index (χ1n) is 10.3. The van der Waals surface area contributed by atoms with Gasteiger partial charge < -0.3 is 23.7 Å². The Morgan fingerprint density at radius 2 is 1.47 bits per heavy atom. The molecule has 3 rings (SSSR count). The first-order chi connectivity index (χ1) is 15.4. The third kappa shape index (κ3) is 6.29. The lowest BCUT2D eigenvalue weighted by Crippen LogP contribution is -2.51. The van der Waals surface area contributed by atoms with E-state index in [1.54, 1.807) is 0 Å². The molecule has 4 atom stereocenters. The van der Waals surface area contributed by atoms with Crippen molar-refractivity contribution < 1.29 is 33.3 Å². The van der Waals surface area contributed by atoms with E-state index in [1.807, 2.05) is 60.7 Å². The second-order valence-electron chi connectivity index (χ2n) is 7.56. The second kappa shape index (κ2) is 11.4. The zero-order valence-corrected chi connectivity index (χ0v) is 18.8. The SMILES string of the molecule is CC(=O)OC1O[C@](CCl)(COCc2ccccc2)[C@@H](OCc2ccccc2)[C@H]1OC(C)=O. The number of carbonyl (C=O) groups is 2. The summed E-state index contributed by atoms with van der Waals surface area (Å²) >= 11 is 6.36. The molecule has 8 heteroatoms. The van der Waals surface area contributed by atoms with Crippen LogP contribution in [-0.4, -0.2) is 48.5 Å². The van der Waals surface area contributed by atoms with Gasteiger partial charge in [-0.15, -0.1) is 11.6 Å². The summed E-state index contributed by atoms with van der Waals surface area (Å²) in [6.07, 6.45) is -3.00. The van der Waals surface area contributed by atoms with E-state index < -0.39 is 36.0 Å². The van der Waals surface area contributed by atoms with Crippen LogP contribution in [0.25, 0.3) is 0 Å². The molecule has 2 aromatic carbocycles. The van der Waals surface area contributed by atoms with Gasteiger partial charge >= 0.3 is 11.9 Å². The van der Waals surface area contributed by atoms with Crippen molar-refractivity contribution >= 4 is 23.5 Å². The predicted octanol–water partition coefficient (Wildman–Crippen LogP) is 3.62. The second-order valence-corrected chi connectivity index (χ2v) is 7.83. The molecular weight excluding hydrogens is 436 g/mol. The number of esters is 2. The average Bonchev–Trinajstić information content (AvgIpc) is 3.05. The third-order valence-corrected chi connectivity index (χ3v) is 5.43. The van der Waals surface area contributed by atoms with Crippen LogP contribution in [0.2, 0.25) is 0 Å². The van der Waals surface area contributed by atoms with Gasteiger partial charge in [0.15, 0.2) is 6.10 Å². The van der Waals surface area contributed by atoms with E-state index in [1.165, 1.54) is 13.8 Å². The maximum Gasteiger partial charge on any atom is 0.305 e. The molecule has 1 unspecified atom stereocenters. The van der Waals surface area contributed by atoms with Gasteiger partial charge in [0.2, 0.25) is 6.29 Å². The first-order valence-corrected chi connectivity index (χ1v) is 10.8. The Kier molecular flexibility index (Phi) is 8.64. The number of benzene rings is 2. The van der Waals surface area contributed by atoms with E-state index in [0.29, 0.717) is 6.61 Å². The Morgan fingerprint density at radius 1 is 0.906 bits per heavy atom. The number of hydrogen-bond donors (Lipinski definition) is 0. The zero-order chi connectivity index (χ0) is 23.0. The molecule has 1 fully saturated rings. The van der Waals surface area contributed by atoms with Crippen LogP contribution < -0.4 is 0 Å². The largest absolute Gasteiger partial charge is 0.453 e. The van der Waals surface area contributed by atoms with Crippen LogP contribution in [0.3, 0.4) is 0 Å². The molecule has 1 heterocycles. The Balaban J connectivity index is 1.82.